The highest BCUT2D eigenvalue weighted by atomic mass is 32.2. The van der Waals surface area contributed by atoms with Crippen LogP contribution in [-0.4, -0.2) is 45.5 Å². The maximum Gasteiger partial charge on any atom is 0.322 e. The summed E-state index contributed by atoms with van der Waals surface area (Å²) in [4.78, 5) is 12.1. The molecule has 0 radical (unpaired) electrons. The van der Waals surface area contributed by atoms with Gasteiger partial charge in [0.1, 0.15) is 0 Å². The van der Waals surface area contributed by atoms with Crippen molar-refractivity contribution >= 4 is 16.7 Å². The summed E-state index contributed by atoms with van der Waals surface area (Å²) in [5.74, 6) is -3.85. The molecule has 13 heavy (non-hydrogen) atoms. The number of halogens is 2. The van der Waals surface area contributed by atoms with Crippen molar-refractivity contribution in [2.24, 2.45) is 0 Å². The Hall–Kier alpha value is -0.520. The fourth-order valence-electron chi connectivity index (χ4n) is 1.12. The molecule has 1 aliphatic heterocycles. The van der Waals surface area contributed by atoms with Crippen molar-refractivity contribution in [2.45, 2.75) is 12.8 Å². The van der Waals surface area contributed by atoms with Crippen molar-refractivity contribution in [1.29, 1.82) is 0 Å². The fourth-order valence-corrected chi connectivity index (χ4v) is 2.17. The van der Waals surface area contributed by atoms with Gasteiger partial charge < -0.3 is 4.90 Å². The molecule has 0 aromatic carbocycles. The van der Waals surface area contributed by atoms with Crippen LogP contribution >= 0.6 is 0 Å². The number of alkyl halides is 2. The molecule has 6 heteroatoms. The first-order chi connectivity index (χ1) is 5.91. The van der Waals surface area contributed by atoms with Crippen LogP contribution in [0.2, 0.25) is 0 Å². The molecule has 1 heterocycles. The summed E-state index contributed by atoms with van der Waals surface area (Å²) in [6.07, 6.45) is 0. The third kappa shape index (κ3) is 2.72. The Balaban J connectivity index is 2.55. The Morgan fingerprint density at radius 3 is 2.23 bits per heavy atom. The van der Waals surface area contributed by atoms with Gasteiger partial charge in [-0.3, -0.25) is 9.00 Å². The third-order valence-electron chi connectivity index (χ3n) is 1.84. The van der Waals surface area contributed by atoms with E-state index in [2.05, 4.69) is 0 Å². The second kappa shape index (κ2) is 3.69. The van der Waals surface area contributed by atoms with E-state index in [9.17, 15) is 17.8 Å². The molecule has 76 valence electrons. The first-order valence-corrected chi connectivity index (χ1v) is 5.42. The van der Waals surface area contributed by atoms with Crippen molar-refractivity contribution < 1.29 is 17.8 Å². The second-order valence-corrected chi connectivity index (χ2v) is 4.72. The van der Waals surface area contributed by atoms with E-state index in [4.69, 9.17) is 0 Å². The SMILES string of the molecule is CC(F)(F)C(=O)N1CCS(=O)CC1. The lowest BCUT2D eigenvalue weighted by Crippen LogP contribution is -2.48. The van der Waals surface area contributed by atoms with Crippen LogP contribution in [0.5, 0.6) is 0 Å². The van der Waals surface area contributed by atoms with E-state index in [0.717, 1.165) is 4.90 Å². The van der Waals surface area contributed by atoms with Crippen molar-refractivity contribution in [2.75, 3.05) is 24.6 Å². The van der Waals surface area contributed by atoms with Crippen LogP contribution < -0.4 is 0 Å². The largest absolute Gasteiger partial charge is 0.336 e. The summed E-state index contributed by atoms with van der Waals surface area (Å²) in [6.45, 7) is 0.935. The van der Waals surface area contributed by atoms with Crippen molar-refractivity contribution in [3.05, 3.63) is 0 Å². The van der Waals surface area contributed by atoms with E-state index >= 15 is 0 Å². The van der Waals surface area contributed by atoms with E-state index in [0.29, 0.717) is 18.4 Å². The minimum Gasteiger partial charge on any atom is -0.336 e. The lowest BCUT2D eigenvalue weighted by molar-refractivity contribution is -0.154. The molecular formula is C7H11F2NO2S. The van der Waals surface area contributed by atoms with Gasteiger partial charge in [0.05, 0.1) is 0 Å². The average molecular weight is 211 g/mol. The Morgan fingerprint density at radius 1 is 1.38 bits per heavy atom. The van der Waals surface area contributed by atoms with Gasteiger partial charge in [-0.05, 0) is 0 Å². The molecule has 1 fully saturated rings. The minimum atomic E-state index is -3.31. The standard InChI is InChI=1S/C7H11F2NO2S/c1-7(8,9)6(11)10-2-4-13(12)5-3-10/h2-5H2,1H3. The maximum absolute atomic E-state index is 12.5. The van der Waals surface area contributed by atoms with E-state index in [1.807, 2.05) is 0 Å². The molecule has 0 N–H and O–H groups in total. The summed E-state index contributed by atoms with van der Waals surface area (Å²) in [5, 5.41) is 0. The molecular weight excluding hydrogens is 200 g/mol. The lowest BCUT2D eigenvalue weighted by Gasteiger charge is -2.28. The van der Waals surface area contributed by atoms with Crippen LogP contribution in [-0.2, 0) is 15.6 Å². The van der Waals surface area contributed by atoms with Crippen LogP contribution in [0.15, 0.2) is 0 Å². The fraction of sp³-hybridized carbons (Fsp3) is 0.857. The molecule has 1 saturated heterocycles. The van der Waals surface area contributed by atoms with Crippen LogP contribution in [0, 0.1) is 0 Å². The molecule has 1 rings (SSSR count). The molecule has 0 aromatic rings. The number of carbonyl (C=O) groups is 1. The molecule has 0 aromatic heterocycles. The highest BCUT2D eigenvalue weighted by molar-refractivity contribution is 7.85. The summed E-state index contributed by atoms with van der Waals surface area (Å²) in [5.41, 5.74) is 0. The van der Waals surface area contributed by atoms with E-state index < -0.39 is 22.6 Å². The summed E-state index contributed by atoms with van der Waals surface area (Å²) >= 11 is 0. The first kappa shape index (κ1) is 10.6. The smallest absolute Gasteiger partial charge is 0.322 e. The molecule has 1 amide bonds. The zero-order valence-electron chi connectivity index (χ0n) is 7.26. The third-order valence-corrected chi connectivity index (χ3v) is 3.12. The van der Waals surface area contributed by atoms with E-state index in [1.54, 1.807) is 0 Å². The van der Waals surface area contributed by atoms with Crippen LogP contribution in [0.25, 0.3) is 0 Å². The molecule has 1 aliphatic rings. The molecule has 0 saturated carbocycles. The molecule has 0 spiro atoms. The Bertz CT molecular complexity index is 229. The van der Waals surface area contributed by atoms with Gasteiger partial charge in [0.2, 0.25) is 0 Å². The highest BCUT2D eigenvalue weighted by Crippen LogP contribution is 2.16. The Labute approximate surface area is 77.5 Å². The van der Waals surface area contributed by atoms with Gasteiger partial charge in [0.25, 0.3) is 5.91 Å². The first-order valence-electron chi connectivity index (χ1n) is 3.93. The van der Waals surface area contributed by atoms with Gasteiger partial charge in [-0.25, -0.2) is 0 Å². The quantitative estimate of drug-likeness (QED) is 0.622. The van der Waals surface area contributed by atoms with Crippen molar-refractivity contribution in [3.63, 3.8) is 0 Å². The minimum absolute atomic E-state index is 0.175. The number of amides is 1. The van der Waals surface area contributed by atoms with Gasteiger partial charge in [-0.15, -0.1) is 0 Å². The predicted molar refractivity (Wildman–Crippen MR) is 45.1 cm³/mol. The lowest BCUT2D eigenvalue weighted by atomic mass is 10.3. The second-order valence-electron chi connectivity index (χ2n) is 3.03. The molecule has 0 bridgehead atoms. The topological polar surface area (TPSA) is 37.4 Å². The Kier molecular flexibility index (Phi) is 3.00. The molecule has 0 unspecified atom stereocenters. The zero-order chi connectivity index (χ0) is 10.1. The van der Waals surface area contributed by atoms with Gasteiger partial charge in [0.15, 0.2) is 0 Å². The molecule has 0 aliphatic carbocycles. The van der Waals surface area contributed by atoms with E-state index in [1.165, 1.54) is 0 Å². The number of hydrogen-bond acceptors (Lipinski definition) is 2. The normalized spacial score (nSPS) is 20.4. The number of carbonyl (C=O) groups excluding carboxylic acids is 1. The van der Waals surface area contributed by atoms with Crippen molar-refractivity contribution in [3.8, 4) is 0 Å². The number of hydrogen-bond donors (Lipinski definition) is 0. The average Bonchev–Trinajstić information content (AvgIpc) is 2.03. The Morgan fingerprint density at radius 2 is 1.85 bits per heavy atom. The van der Waals surface area contributed by atoms with Gasteiger partial charge in [0, 0.05) is 42.3 Å². The van der Waals surface area contributed by atoms with Gasteiger partial charge >= 0.3 is 5.92 Å². The predicted octanol–water partition coefficient (Wildman–Crippen LogP) is 0.233. The van der Waals surface area contributed by atoms with E-state index in [-0.39, 0.29) is 13.1 Å². The van der Waals surface area contributed by atoms with Crippen LogP contribution in [0.4, 0.5) is 8.78 Å². The summed E-state index contributed by atoms with van der Waals surface area (Å²) in [7, 11) is -0.943. The summed E-state index contributed by atoms with van der Waals surface area (Å²) < 4.78 is 35.9. The van der Waals surface area contributed by atoms with Crippen molar-refractivity contribution in [1.82, 2.24) is 4.90 Å². The monoisotopic (exact) mass is 211 g/mol. The van der Waals surface area contributed by atoms with Crippen LogP contribution in [0.1, 0.15) is 6.92 Å². The van der Waals surface area contributed by atoms with Gasteiger partial charge in [-0.2, -0.15) is 8.78 Å². The zero-order valence-corrected chi connectivity index (χ0v) is 8.07. The number of nitrogens with zero attached hydrogens (tertiary/aromatic N) is 1. The molecule has 0 atom stereocenters. The summed E-state index contributed by atoms with van der Waals surface area (Å²) in [6, 6.07) is 0. The van der Waals surface area contributed by atoms with Gasteiger partial charge in [-0.1, -0.05) is 0 Å². The molecule has 3 nitrogen and oxygen atoms in total. The number of rotatable bonds is 1. The van der Waals surface area contributed by atoms with Crippen LogP contribution in [0.3, 0.4) is 0 Å². The highest BCUT2D eigenvalue weighted by Gasteiger charge is 2.37. The maximum atomic E-state index is 12.5.